The molecule has 0 rings (SSSR count). The lowest BCUT2D eigenvalue weighted by Crippen LogP contribution is -2.38. The number of alkyl halides is 6. The first-order valence-electron chi connectivity index (χ1n) is 2.70. The van der Waals surface area contributed by atoms with Crippen LogP contribution in [0, 0.1) is 5.92 Å². The Balaban J connectivity index is 4.43. The van der Waals surface area contributed by atoms with Gasteiger partial charge in [-0.25, -0.2) is 4.39 Å². The molecule has 0 nitrogen and oxygen atoms in total. The third-order valence-electron chi connectivity index (χ3n) is 1.16. The summed E-state index contributed by atoms with van der Waals surface area (Å²) < 4.78 is 58.9. The maximum Gasteiger partial charge on any atom is 0.398 e. The first-order valence-corrected chi connectivity index (χ1v) is 3.08. The summed E-state index contributed by atoms with van der Waals surface area (Å²) in [7, 11) is 0. The topological polar surface area (TPSA) is 0 Å². The van der Waals surface area contributed by atoms with Crippen molar-refractivity contribution >= 4 is 11.6 Å². The van der Waals surface area contributed by atoms with Crippen LogP contribution < -0.4 is 0 Å². The van der Waals surface area contributed by atoms with Crippen molar-refractivity contribution in [1.29, 1.82) is 0 Å². The smallest absolute Gasteiger partial charge is 0.250 e. The van der Waals surface area contributed by atoms with Crippen molar-refractivity contribution in [2.24, 2.45) is 5.92 Å². The van der Waals surface area contributed by atoms with Gasteiger partial charge in [-0.1, -0.05) is 11.6 Å². The molecule has 2 unspecified atom stereocenters. The van der Waals surface area contributed by atoms with E-state index in [0.717, 1.165) is 0 Å². The molecule has 0 aliphatic rings. The predicted molar refractivity (Wildman–Crippen MR) is 30.9 cm³/mol. The van der Waals surface area contributed by atoms with Crippen LogP contribution in [-0.2, 0) is 0 Å². The summed E-state index contributed by atoms with van der Waals surface area (Å²) in [6, 6.07) is 0. The third-order valence-corrected chi connectivity index (χ3v) is 1.42. The van der Waals surface area contributed by atoms with Crippen molar-refractivity contribution in [3.8, 4) is 0 Å². The molecule has 0 saturated carbocycles. The van der Waals surface area contributed by atoms with Gasteiger partial charge in [0.25, 0.3) is 0 Å². The van der Waals surface area contributed by atoms with Gasteiger partial charge in [-0.3, -0.25) is 4.39 Å². The lowest BCUT2D eigenvalue weighted by molar-refractivity contribution is -0.199. The molecule has 6 heteroatoms. The Kier molecular flexibility index (Phi) is 3.11. The molecule has 0 spiro atoms. The van der Waals surface area contributed by atoms with Gasteiger partial charge < -0.3 is 0 Å². The Morgan fingerprint density at radius 3 is 1.64 bits per heavy atom. The molecule has 0 radical (unpaired) electrons. The van der Waals surface area contributed by atoms with Gasteiger partial charge >= 0.3 is 6.18 Å². The summed E-state index contributed by atoms with van der Waals surface area (Å²) in [4.78, 5) is 0. The van der Waals surface area contributed by atoms with E-state index in [1.807, 2.05) is 0 Å². The lowest BCUT2D eigenvalue weighted by Gasteiger charge is -2.24. The molecule has 0 aromatic carbocycles. The molecular formula is C5H6ClF5. The van der Waals surface area contributed by atoms with Crippen LogP contribution >= 0.6 is 11.6 Å². The minimum Gasteiger partial charge on any atom is -0.250 e. The molecular weight excluding hydrogens is 190 g/mol. The molecule has 68 valence electrons. The molecule has 0 aromatic rings. The molecule has 0 amide bonds. The zero-order valence-corrected chi connectivity index (χ0v) is 6.31. The number of hydrogen-bond acceptors (Lipinski definition) is 0. The quantitative estimate of drug-likeness (QED) is 0.470. The standard InChI is InChI=1S/C5H6ClF5/c1-4(6,8)3(2-7)5(9,10)11/h3H,2H2,1H3. The Hall–Kier alpha value is -0.0600. The van der Waals surface area contributed by atoms with Crippen molar-refractivity contribution in [2.45, 2.75) is 18.2 Å². The fraction of sp³-hybridized carbons (Fsp3) is 1.00. The SMILES string of the molecule is CC(F)(Cl)C(CF)C(F)(F)F. The summed E-state index contributed by atoms with van der Waals surface area (Å²) in [6.45, 7) is -1.37. The minimum atomic E-state index is -4.93. The summed E-state index contributed by atoms with van der Waals surface area (Å²) in [6.07, 6.45) is -4.93. The highest BCUT2D eigenvalue weighted by molar-refractivity contribution is 6.22. The molecule has 2 atom stereocenters. The summed E-state index contributed by atoms with van der Waals surface area (Å²) in [5.74, 6) is -2.75. The minimum absolute atomic E-state index is 0.478. The Labute approximate surface area is 65.3 Å². The average Bonchev–Trinajstić information content (AvgIpc) is 1.56. The van der Waals surface area contributed by atoms with Gasteiger partial charge in [0.1, 0.15) is 12.6 Å². The van der Waals surface area contributed by atoms with Crippen LogP contribution in [0.15, 0.2) is 0 Å². The highest BCUT2D eigenvalue weighted by Gasteiger charge is 2.51. The monoisotopic (exact) mass is 196 g/mol. The molecule has 0 fully saturated rings. The summed E-state index contributed by atoms with van der Waals surface area (Å²) in [5, 5.41) is -3.08. The zero-order chi connectivity index (χ0) is 9.28. The van der Waals surface area contributed by atoms with Gasteiger partial charge in [0.2, 0.25) is 0 Å². The lowest BCUT2D eigenvalue weighted by atomic mass is 10.1. The second-order valence-corrected chi connectivity index (χ2v) is 2.94. The first-order chi connectivity index (χ1) is 4.69. The summed E-state index contributed by atoms with van der Waals surface area (Å²) >= 11 is 4.66. The van der Waals surface area contributed by atoms with E-state index in [9.17, 15) is 22.0 Å². The Morgan fingerprint density at radius 2 is 1.64 bits per heavy atom. The van der Waals surface area contributed by atoms with Crippen LogP contribution in [0.2, 0.25) is 0 Å². The predicted octanol–water partition coefficient (Wildman–Crippen LogP) is 3.06. The van der Waals surface area contributed by atoms with Crippen LogP contribution in [0.5, 0.6) is 0 Å². The van der Waals surface area contributed by atoms with E-state index in [1.54, 1.807) is 0 Å². The molecule has 11 heavy (non-hydrogen) atoms. The van der Waals surface area contributed by atoms with Crippen LogP contribution in [0.4, 0.5) is 22.0 Å². The van der Waals surface area contributed by atoms with E-state index in [4.69, 9.17) is 0 Å². The maximum absolute atomic E-state index is 12.4. The normalized spacial score (nSPS) is 21.0. The number of rotatable bonds is 2. The van der Waals surface area contributed by atoms with Crippen molar-refractivity contribution in [1.82, 2.24) is 0 Å². The van der Waals surface area contributed by atoms with Crippen LogP contribution in [0.25, 0.3) is 0 Å². The van der Waals surface area contributed by atoms with Gasteiger partial charge in [0.15, 0.2) is 5.13 Å². The molecule has 0 saturated heterocycles. The zero-order valence-electron chi connectivity index (χ0n) is 5.55. The maximum atomic E-state index is 12.4. The van der Waals surface area contributed by atoms with Crippen LogP contribution in [0.1, 0.15) is 6.92 Å². The average molecular weight is 197 g/mol. The van der Waals surface area contributed by atoms with E-state index < -0.39 is 23.9 Å². The van der Waals surface area contributed by atoms with Crippen molar-refractivity contribution in [3.63, 3.8) is 0 Å². The fourth-order valence-electron chi connectivity index (χ4n) is 0.510. The second kappa shape index (κ2) is 3.13. The largest absolute Gasteiger partial charge is 0.398 e. The van der Waals surface area contributed by atoms with E-state index in [0.29, 0.717) is 6.92 Å². The van der Waals surface area contributed by atoms with Crippen molar-refractivity contribution in [3.05, 3.63) is 0 Å². The van der Waals surface area contributed by atoms with Crippen molar-refractivity contribution in [2.75, 3.05) is 6.67 Å². The molecule has 0 aliphatic carbocycles. The van der Waals surface area contributed by atoms with E-state index in [1.165, 1.54) is 0 Å². The Morgan fingerprint density at radius 1 is 1.27 bits per heavy atom. The number of hydrogen-bond donors (Lipinski definition) is 0. The first kappa shape index (κ1) is 10.9. The van der Waals surface area contributed by atoms with Crippen molar-refractivity contribution < 1.29 is 22.0 Å². The molecule has 0 aliphatic heterocycles. The fourth-order valence-corrected chi connectivity index (χ4v) is 0.692. The van der Waals surface area contributed by atoms with Gasteiger partial charge in [-0.05, 0) is 6.92 Å². The van der Waals surface area contributed by atoms with Gasteiger partial charge in [-0.15, -0.1) is 0 Å². The van der Waals surface area contributed by atoms with E-state index >= 15 is 0 Å². The third kappa shape index (κ3) is 3.22. The van der Waals surface area contributed by atoms with E-state index in [-0.39, 0.29) is 0 Å². The summed E-state index contributed by atoms with van der Waals surface area (Å²) in [5.41, 5.74) is 0. The van der Waals surface area contributed by atoms with Crippen LogP contribution in [-0.4, -0.2) is 18.0 Å². The Bertz CT molecular complexity index is 110. The van der Waals surface area contributed by atoms with Gasteiger partial charge in [-0.2, -0.15) is 13.2 Å². The van der Waals surface area contributed by atoms with Gasteiger partial charge in [0, 0.05) is 0 Å². The molecule has 0 bridgehead atoms. The van der Waals surface area contributed by atoms with Crippen LogP contribution in [0.3, 0.4) is 0 Å². The number of halogens is 6. The van der Waals surface area contributed by atoms with E-state index in [2.05, 4.69) is 11.6 Å². The highest BCUT2D eigenvalue weighted by atomic mass is 35.5. The second-order valence-electron chi connectivity index (χ2n) is 2.20. The molecule has 0 heterocycles. The molecule has 0 aromatic heterocycles. The molecule has 0 N–H and O–H groups in total. The highest BCUT2D eigenvalue weighted by Crippen LogP contribution is 2.39. The van der Waals surface area contributed by atoms with Gasteiger partial charge in [0.05, 0.1) is 0 Å².